The number of hydrogen-bond acceptors (Lipinski definition) is 3. The van der Waals surface area contributed by atoms with Gasteiger partial charge in [-0.05, 0) is 26.3 Å². The summed E-state index contributed by atoms with van der Waals surface area (Å²) in [4.78, 5) is 4.27. The molecule has 0 spiro atoms. The van der Waals surface area contributed by atoms with Crippen LogP contribution in [0.4, 0.5) is 0 Å². The van der Waals surface area contributed by atoms with Crippen molar-refractivity contribution in [3.05, 3.63) is 35.9 Å². The van der Waals surface area contributed by atoms with E-state index in [1.807, 2.05) is 51.1 Å². The summed E-state index contributed by atoms with van der Waals surface area (Å²) in [7, 11) is -3.33. The fraction of sp³-hybridized carbons (Fsp3) is 0.533. The zero-order valence-corrected chi connectivity index (χ0v) is 17.0. The smallest absolute Gasteiger partial charge is 0.213 e. The maximum absolute atomic E-state index is 11.9. The Balaban J connectivity index is 0.00000484. The molecule has 0 saturated heterocycles. The Morgan fingerprint density at radius 1 is 1.22 bits per heavy atom. The van der Waals surface area contributed by atoms with Crippen LogP contribution in [-0.2, 0) is 16.6 Å². The molecule has 1 aromatic rings. The first-order valence-electron chi connectivity index (χ1n) is 7.49. The molecule has 0 saturated carbocycles. The third-order valence-electron chi connectivity index (χ3n) is 2.74. The number of hydrogen-bond donors (Lipinski definition) is 3. The van der Waals surface area contributed by atoms with E-state index in [9.17, 15) is 8.42 Å². The van der Waals surface area contributed by atoms with Crippen LogP contribution in [0.2, 0.25) is 0 Å². The van der Waals surface area contributed by atoms with Gasteiger partial charge in [0, 0.05) is 19.1 Å². The Bertz CT molecular complexity index is 562. The molecule has 0 aliphatic heterocycles. The predicted octanol–water partition coefficient (Wildman–Crippen LogP) is 1.69. The Morgan fingerprint density at radius 2 is 1.87 bits per heavy atom. The van der Waals surface area contributed by atoms with Gasteiger partial charge in [0.25, 0.3) is 0 Å². The van der Waals surface area contributed by atoms with Crippen molar-refractivity contribution in [1.29, 1.82) is 0 Å². The second-order valence-corrected chi connectivity index (χ2v) is 7.11. The monoisotopic (exact) mass is 454 g/mol. The van der Waals surface area contributed by atoms with E-state index in [1.165, 1.54) is 0 Å². The summed E-state index contributed by atoms with van der Waals surface area (Å²) in [5, 5.41) is 6.23. The topological polar surface area (TPSA) is 82.6 Å². The first kappa shape index (κ1) is 22.1. The summed E-state index contributed by atoms with van der Waals surface area (Å²) >= 11 is 0. The highest BCUT2D eigenvalue weighted by molar-refractivity contribution is 14.0. The number of rotatable bonds is 8. The summed E-state index contributed by atoms with van der Waals surface area (Å²) in [5.41, 5.74) is 0.935. The van der Waals surface area contributed by atoms with Crippen molar-refractivity contribution in [1.82, 2.24) is 15.4 Å². The van der Waals surface area contributed by atoms with Crippen LogP contribution >= 0.6 is 24.0 Å². The van der Waals surface area contributed by atoms with Gasteiger partial charge in [0.2, 0.25) is 10.0 Å². The standard InChI is InChI=1S/C15H26N4O2S.HI/c1-4-16-15(19-13(2)3)17-10-11-22(20,21)18-12-14-8-6-5-7-9-14;/h5-9,13,18H,4,10-12H2,1-3H3,(H2,16,17,19);1H. The van der Waals surface area contributed by atoms with Gasteiger partial charge in [0.15, 0.2) is 5.96 Å². The van der Waals surface area contributed by atoms with Crippen molar-refractivity contribution in [2.75, 3.05) is 18.8 Å². The second kappa shape index (κ2) is 11.6. The zero-order valence-electron chi connectivity index (χ0n) is 13.9. The van der Waals surface area contributed by atoms with Gasteiger partial charge in [-0.3, -0.25) is 4.99 Å². The summed E-state index contributed by atoms with van der Waals surface area (Å²) in [6.07, 6.45) is 0. The largest absolute Gasteiger partial charge is 0.357 e. The van der Waals surface area contributed by atoms with E-state index in [0.717, 1.165) is 12.1 Å². The molecule has 132 valence electrons. The lowest BCUT2D eigenvalue weighted by molar-refractivity contribution is 0.581. The number of guanidine groups is 1. The summed E-state index contributed by atoms with van der Waals surface area (Å²) in [6, 6.07) is 9.68. The van der Waals surface area contributed by atoms with E-state index >= 15 is 0 Å². The highest BCUT2D eigenvalue weighted by atomic mass is 127. The van der Waals surface area contributed by atoms with Crippen LogP contribution in [0.3, 0.4) is 0 Å². The number of nitrogens with zero attached hydrogens (tertiary/aromatic N) is 1. The molecule has 0 amide bonds. The lowest BCUT2D eigenvalue weighted by atomic mass is 10.2. The fourth-order valence-corrected chi connectivity index (χ4v) is 2.59. The van der Waals surface area contributed by atoms with Crippen molar-refractivity contribution in [3.63, 3.8) is 0 Å². The van der Waals surface area contributed by atoms with Crippen molar-refractivity contribution in [2.45, 2.75) is 33.4 Å². The van der Waals surface area contributed by atoms with Crippen LogP contribution in [0.5, 0.6) is 0 Å². The van der Waals surface area contributed by atoms with Gasteiger partial charge in [0.1, 0.15) is 0 Å². The minimum absolute atomic E-state index is 0. The number of benzene rings is 1. The van der Waals surface area contributed by atoms with E-state index < -0.39 is 10.0 Å². The molecule has 0 fully saturated rings. The summed E-state index contributed by atoms with van der Waals surface area (Å²) in [6.45, 7) is 7.23. The van der Waals surface area contributed by atoms with Gasteiger partial charge in [0.05, 0.1) is 12.3 Å². The lowest BCUT2D eigenvalue weighted by Gasteiger charge is -2.14. The molecular formula is C15H27IN4O2S. The molecule has 8 heteroatoms. The normalized spacial score (nSPS) is 11.9. The minimum Gasteiger partial charge on any atom is -0.357 e. The van der Waals surface area contributed by atoms with Crippen molar-refractivity contribution in [2.24, 2.45) is 4.99 Å². The Labute approximate surface area is 156 Å². The number of halogens is 1. The molecule has 0 aliphatic carbocycles. The van der Waals surface area contributed by atoms with Crippen LogP contribution in [0.25, 0.3) is 0 Å². The molecule has 0 atom stereocenters. The number of nitrogens with one attached hydrogen (secondary N) is 3. The zero-order chi connectivity index (χ0) is 16.4. The minimum atomic E-state index is -3.33. The Morgan fingerprint density at radius 3 is 2.43 bits per heavy atom. The average molecular weight is 454 g/mol. The van der Waals surface area contributed by atoms with Crippen LogP contribution in [0.1, 0.15) is 26.3 Å². The SMILES string of the molecule is CCNC(=NCCS(=O)(=O)NCc1ccccc1)NC(C)C.I. The van der Waals surface area contributed by atoms with Crippen molar-refractivity contribution < 1.29 is 8.42 Å². The molecule has 6 nitrogen and oxygen atoms in total. The van der Waals surface area contributed by atoms with E-state index in [2.05, 4.69) is 20.3 Å². The lowest BCUT2D eigenvalue weighted by Crippen LogP contribution is -2.41. The first-order valence-corrected chi connectivity index (χ1v) is 9.14. The maximum Gasteiger partial charge on any atom is 0.213 e. The maximum atomic E-state index is 11.9. The van der Waals surface area contributed by atoms with Gasteiger partial charge in [-0.25, -0.2) is 13.1 Å². The molecule has 0 unspecified atom stereocenters. The predicted molar refractivity (Wildman–Crippen MR) is 107 cm³/mol. The van der Waals surface area contributed by atoms with E-state index in [-0.39, 0.29) is 42.3 Å². The van der Waals surface area contributed by atoms with Gasteiger partial charge in [-0.15, -0.1) is 24.0 Å². The molecule has 1 aromatic carbocycles. The second-order valence-electron chi connectivity index (χ2n) is 5.19. The van der Waals surface area contributed by atoms with Crippen LogP contribution in [0.15, 0.2) is 35.3 Å². The van der Waals surface area contributed by atoms with Crippen LogP contribution in [-0.4, -0.2) is 39.3 Å². The molecule has 0 aliphatic rings. The number of aliphatic imine (C=N–C) groups is 1. The van der Waals surface area contributed by atoms with Gasteiger partial charge in [-0.1, -0.05) is 30.3 Å². The van der Waals surface area contributed by atoms with Gasteiger partial charge in [-0.2, -0.15) is 0 Å². The van der Waals surface area contributed by atoms with Crippen LogP contribution in [0, 0.1) is 0 Å². The Hall–Kier alpha value is -0.870. The molecule has 0 aromatic heterocycles. The first-order chi connectivity index (χ1) is 10.4. The molecule has 3 N–H and O–H groups in total. The molecule has 1 rings (SSSR count). The van der Waals surface area contributed by atoms with E-state index in [1.54, 1.807) is 0 Å². The number of sulfonamides is 1. The third-order valence-corrected chi connectivity index (χ3v) is 4.04. The average Bonchev–Trinajstić information content (AvgIpc) is 2.46. The van der Waals surface area contributed by atoms with Crippen LogP contribution < -0.4 is 15.4 Å². The van der Waals surface area contributed by atoms with Crippen molar-refractivity contribution >= 4 is 40.0 Å². The fourth-order valence-electron chi connectivity index (χ4n) is 1.73. The molecule has 23 heavy (non-hydrogen) atoms. The quantitative estimate of drug-likeness (QED) is 0.317. The molecular weight excluding hydrogens is 427 g/mol. The summed E-state index contributed by atoms with van der Waals surface area (Å²) < 4.78 is 26.5. The highest BCUT2D eigenvalue weighted by Crippen LogP contribution is 1.98. The summed E-state index contributed by atoms with van der Waals surface area (Å²) in [5.74, 6) is 0.602. The molecule has 0 radical (unpaired) electrons. The molecule has 0 bridgehead atoms. The van der Waals surface area contributed by atoms with E-state index in [4.69, 9.17) is 0 Å². The van der Waals surface area contributed by atoms with Gasteiger partial charge >= 0.3 is 0 Å². The third kappa shape index (κ3) is 10.5. The Kier molecular flexibility index (Phi) is 11.2. The molecule has 0 heterocycles. The van der Waals surface area contributed by atoms with Gasteiger partial charge < -0.3 is 10.6 Å². The van der Waals surface area contributed by atoms with Crippen molar-refractivity contribution in [3.8, 4) is 0 Å². The highest BCUT2D eigenvalue weighted by Gasteiger charge is 2.09. The van der Waals surface area contributed by atoms with E-state index in [0.29, 0.717) is 12.5 Å².